The monoisotopic (exact) mass is 533 g/mol. The van der Waals surface area contributed by atoms with Gasteiger partial charge in [0.05, 0.1) is 16.6 Å². The van der Waals surface area contributed by atoms with Crippen molar-refractivity contribution in [2.24, 2.45) is 0 Å². The lowest BCUT2D eigenvalue weighted by Crippen LogP contribution is -2.56. The summed E-state index contributed by atoms with van der Waals surface area (Å²) in [6.07, 6.45) is -0.538. The normalized spacial score (nSPS) is 24.8. The van der Waals surface area contributed by atoms with Crippen molar-refractivity contribution < 1.29 is 31.5 Å². The molecule has 0 unspecified atom stereocenters. The zero-order valence-electron chi connectivity index (χ0n) is 20.8. The highest BCUT2D eigenvalue weighted by Crippen LogP contribution is 2.58. The number of fused-ring (bicyclic) bond motifs is 8. The molecule has 0 amide bonds. The molecule has 0 bridgehead atoms. The molecule has 0 saturated carbocycles. The van der Waals surface area contributed by atoms with Gasteiger partial charge in [-0.15, -0.1) is 0 Å². The predicted molar refractivity (Wildman–Crippen MR) is 136 cm³/mol. The van der Waals surface area contributed by atoms with Crippen molar-refractivity contribution in [3.05, 3.63) is 81.2 Å². The van der Waals surface area contributed by atoms with Crippen molar-refractivity contribution >= 4 is 10.1 Å². The molecule has 0 spiro atoms. The van der Waals surface area contributed by atoms with Crippen LogP contribution < -0.4 is 18.9 Å². The van der Waals surface area contributed by atoms with Gasteiger partial charge in [0.2, 0.25) is 13.6 Å². The molecule has 3 aliphatic heterocycles. The quantitative estimate of drug-likeness (QED) is 0.465. The van der Waals surface area contributed by atoms with Crippen molar-refractivity contribution in [3.63, 3.8) is 0 Å². The number of nitrogens with zero attached hydrogens (tertiary/aromatic N) is 2. The molecule has 1 aliphatic carbocycles. The Kier molecular flexibility index (Phi) is 4.98. The summed E-state index contributed by atoms with van der Waals surface area (Å²) < 4.78 is 56.0. The van der Waals surface area contributed by atoms with Gasteiger partial charge in [-0.1, -0.05) is 28.6 Å². The highest BCUT2D eigenvalue weighted by molar-refractivity contribution is 7.86. The highest BCUT2D eigenvalue weighted by Gasteiger charge is 2.65. The number of ether oxygens (including phenoxy) is 4. The Bertz CT molecular complexity index is 1630. The molecule has 10 heteroatoms. The van der Waals surface area contributed by atoms with E-state index in [4.69, 9.17) is 29.7 Å². The minimum atomic E-state index is -4.12. The Labute approximate surface area is 220 Å². The Balaban J connectivity index is 1.44. The maximum atomic E-state index is 13.6. The van der Waals surface area contributed by atoms with Crippen LogP contribution >= 0.6 is 0 Å². The van der Waals surface area contributed by atoms with Crippen LogP contribution in [-0.2, 0) is 32.9 Å². The van der Waals surface area contributed by atoms with Crippen LogP contribution in [0.25, 0.3) is 4.85 Å². The topological polar surface area (TPSA) is 87.9 Å². The van der Waals surface area contributed by atoms with Crippen molar-refractivity contribution in [2.45, 2.75) is 42.5 Å². The Morgan fingerprint density at radius 2 is 1.71 bits per heavy atom. The van der Waals surface area contributed by atoms with Gasteiger partial charge >= 0.3 is 5.66 Å². The fraction of sp³-hybridized carbons (Fsp3) is 0.321. The van der Waals surface area contributed by atoms with E-state index in [1.54, 1.807) is 24.3 Å². The first-order valence-electron chi connectivity index (χ1n) is 12.3. The average molecular weight is 534 g/mol. The van der Waals surface area contributed by atoms with E-state index < -0.39 is 27.8 Å². The molecule has 0 fully saturated rings. The van der Waals surface area contributed by atoms with Gasteiger partial charge < -0.3 is 18.9 Å². The summed E-state index contributed by atoms with van der Waals surface area (Å²) in [5, 5.41) is 0. The van der Waals surface area contributed by atoms with Crippen LogP contribution in [0.5, 0.6) is 23.0 Å². The van der Waals surface area contributed by atoms with E-state index in [1.165, 1.54) is 0 Å². The first-order valence-corrected chi connectivity index (χ1v) is 13.7. The second-order valence-corrected chi connectivity index (χ2v) is 11.6. The molecule has 3 heterocycles. The lowest BCUT2D eigenvalue weighted by molar-refractivity contribution is 0.0286. The SMILES string of the molecule is C#[N+][C@@]12c3cc4c(cc3C[C@H](OS(=O)(=O)c3ccc(C)cc3)[C@@H]1c1ccc3c(c1CN2C)OCO3)OCO4. The maximum Gasteiger partial charge on any atom is 0.372 e. The Morgan fingerprint density at radius 3 is 2.47 bits per heavy atom. The van der Waals surface area contributed by atoms with Crippen LogP contribution in [0, 0.1) is 13.5 Å². The third-order valence-electron chi connectivity index (χ3n) is 7.97. The van der Waals surface area contributed by atoms with Crippen molar-refractivity contribution in [2.75, 3.05) is 20.6 Å². The molecule has 0 N–H and O–H groups in total. The summed E-state index contributed by atoms with van der Waals surface area (Å²) >= 11 is 0. The van der Waals surface area contributed by atoms with Gasteiger partial charge in [0.1, 0.15) is 5.92 Å². The van der Waals surface area contributed by atoms with Crippen LogP contribution in [0.4, 0.5) is 0 Å². The smallest absolute Gasteiger partial charge is 0.372 e. The third-order valence-corrected chi connectivity index (χ3v) is 9.32. The van der Waals surface area contributed by atoms with Crippen LogP contribution in [0.2, 0.25) is 0 Å². The second-order valence-electron chi connectivity index (χ2n) is 10.0. The zero-order chi connectivity index (χ0) is 26.2. The van der Waals surface area contributed by atoms with Gasteiger partial charge in [0, 0.05) is 18.5 Å². The van der Waals surface area contributed by atoms with Crippen molar-refractivity contribution in [3.8, 4) is 29.6 Å². The highest BCUT2D eigenvalue weighted by atomic mass is 32.2. The first kappa shape index (κ1) is 23.3. The number of hydrogen-bond acceptors (Lipinski definition) is 8. The summed E-state index contributed by atoms with van der Waals surface area (Å²) in [5.41, 5.74) is 3.23. The van der Waals surface area contributed by atoms with Crippen molar-refractivity contribution in [1.29, 1.82) is 0 Å². The lowest BCUT2D eigenvalue weighted by atomic mass is 9.66. The largest absolute Gasteiger partial charge is 0.454 e. The van der Waals surface area contributed by atoms with Gasteiger partial charge in [-0.25, -0.2) is 4.90 Å². The van der Waals surface area contributed by atoms with Gasteiger partial charge in [-0.05, 0) is 55.4 Å². The molecule has 7 rings (SSSR count). The van der Waals surface area contributed by atoms with E-state index in [-0.39, 0.29) is 18.5 Å². The van der Waals surface area contributed by atoms with Gasteiger partial charge in [-0.2, -0.15) is 8.42 Å². The number of likely N-dealkylation sites (N-methyl/N-ethyl adjacent to an activating group) is 1. The Morgan fingerprint density at radius 1 is 1.00 bits per heavy atom. The third kappa shape index (κ3) is 3.19. The van der Waals surface area contributed by atoms with E-state index in [0.29, 0.717) is 36.0 Å². The molecule has 0 radical (unpaired) electrons. The minimum absolute atomic E-state index is 0.0879. The first-order chi connectivity index (χ1) is 18.3. The van der Waals surface area contributed by atoms with E-state index in [0.717, 1.165) is 27.8 Å². The number of hydrogen-bond donors (Lipinski definition) is 0. The van der Waals surface area contributed by atoms with Crippen LogP contribution in [-0.4, -0.2) is 40.1 Å². The molecule has 0 saturated heterocycles. The summed E-state index contributed by atoms with van der Waals surface area (Å²) in [6, 6.07) is 14.2. The lowest BCUT2D eigenvalue weighted by Gasteiger charge is -2.46. The predicted octanol–water partition coefficient (Wildman–Crippen LogP) is 4.13. The Hall–Kier alpha value is -3.78. The summed E-state index contributed by atoms with van der Waals surface area (Å²) in [7, 11) is -2.21. The number of aryl methyl sites for hydroxylation is 1. The van der Waals surface area contributed by atoms with Crippen LogP contribution in [0.15, 0.2) is 53.4 Å². The molecule has 4 aliphatic rings. The second kappa shape index (κ2) is 8.11. The minimum Gasteiger partial charge on any atom is -0.454 e. The van der Waals surface area contributed by atoms with Gasteiger partial charge in [0.25, 0.3) is 16.7 Å². The standard InChI is InChI=1S/C28H25N2O7S/c1-16-4-6-18(7-5-16)38(31,32)37-25-11-17-10-23-24(35-14-34-23)12-21(17)28(29-2)26(25)19-8-9-22-27(36-15-33-22)20(19)13-30(28)3/h2,4-10,12,25-26H,11,13-15H2,1,3H3/q+1/t25-,26-,28+/m0/s1. The molecule has 3 aromatic rings. The molecular formula is C28H25N2O7S+. The molecule has 38 heavy (non-hydrogen) atoms. The molecular weight excluding hydrogens is 508 g/mol. The van der Waals surface area contributed by atoms with Crippen LogP contribution in [0.3, 0.4) is 0 Å². The summed E-state index contributed by atoms with van der Waals surface area (Å²) in [6.45, 7) is 8.86. The molecule has 0 aromatic heterocycles. The number of benzene rings is 3. The average Bonchev–Trinajstić information content (AvgIpc) is 3.56. The summed E-state index contributed by atoms with van der Waals surface area (Å²) in [4.78, 5) is 6.59. The number of rotatable bonds is 3. The van der Waals surface area contributed by atoms with E-state index in [2.05, 4.69) is 4.85 Å². The molecule has 194 valence electrons. The van der Waals surface area contributed by atoms with Gasteiger partial charge in [-0.3, -0.25) is 4.18 Å². The van der Waals surface area contributed by atoms with Crippen molar-refractivity contribution in [1.82, 2.24) is 4.90 Å². The maximum absolute atomic E-state index is 13.6. The molecule has 3 aromatic carbocycles. The van der Waals surface area contributed by atoms with E-state index in [9.17, 15) is 8.42 Å². The van der Waals surface area contributed by atoms with E-state index in [1.807, 2.05) is 43.1 Å². The fourth-order valence-electron chi connectivity index (χ4n) is 6.24. The van der Waals surface area contributed by atoms with E-state index >= 15 is 0 Å². The van der Waals surface area contributed by atoms with Crippen LogP contribution in [0.1, 0.15) is 33.7 Å². The molecule has 3 atom stereocenters. The fourth-order valence-corrected chi connectivity index (χ4v) is 7.32. The summed E-state index contributed by atoms with van der Waals surface area (Å²) in [5.74, 6) is 1.91. The zero-order valence-corrected chi connectivity index (χ0v) is 21.7. The molecule has 9 nitrogen and oxygen atoms in total. The van der Waals surface area contributed by atoms with Gasteiger partial charge in [0.15, 0.2) is 23.0 Å².